The van der Waals surface area contributed by atoms with Crippen molar-refractivity contribution in [3.63, 3.8) is 0 Å². The number of aliphatic hydroxyl groups is 1. The molecule has 2 rings (SSSR count). The van der Waals surface area contributed by atoms with Crippen LogP contribution in [-0.4, -0.2) is 41.7 Å². The van der Waals surface area contributed by atoms with Gasteiger partial charge in [0, 0.05) is 32.0 Å². The third-order valence-corrected chi connectivity index (χ3v) is 2.63. The van der Waals surface area contributed by atoms with E-state index in [0.717, 1.165) is 5.69 Å². The van der Waals surface area contributed by atoms with Gasteiger partial charge in [-0.2, -0.15) is 0 Å². The Kier molecular flexibility index (Phi) is 2.55. The van der Waals surface area contributed by atoms with E-state index < -0.39 is 5.60 Å². The number of amides is 1. The molecule has 1 aromatic rings. The minimum Gasteiger partial charge on any atom is -0.386 e. The van der Waals surface area contributed by atoms with E-state index in [1.165, 1.54) is 0 Å². The van der Waals surface area contributed by atoms with Crippen molar-refractivity contribution in [1.82, 2.24) is 10.3 Å². The van der Waals surface area contributed by atoms with Crippen LogP contribution < -0.4 is 10.2 Å². The minimum absolute atomic E-state index is 0.200. The number of carbonyl (C=O) groups excluding carboxylic acids is 1. The van der Waals surface area contributed by atoms with Crippen LogP contribution in [0.15, 0.2) is 18.3 Å². The smallest absolute Gasteiger partial charge is 0.269 e. The van der Waals surface area contributed by atoms with Crippen LogP contribution in [0.3, 0.4) is 0 Å². The molecule has 1 saturated heterocycles. The lowest BCUT2D eigenvalue weighted by Crippen LogP contribution is -2.60. The molecule has 0 saturated carbocycles. The molecule has 0 bridgehead atoms. The summed E-state index contributed by atoms with van der Waals surface area (Å²) in [5.41, 5.74) is 0.697. The van der Waals surface area contributed by atoms with Gasteiger partial charge in [-0.3, -0.25) is 9.78 Å². The maximum absolute atomic E-state index is 11.4. The van der Waals surface area contributed by atoms with Crippen LogP contribution in [0.25, 0.3) is 0 Å². The van der Waals surface area contributed by atoms with Gasteiger partial charge in [-0.05, 0) is 19.1 Å². The zero-order valence-electron chi connectivity index (χ0n) is 9.40. The topological polar surface area (TPSA) is 65.5 Å². The van der Waals surface area contributed by atoms with Gasteiger partial charge in [0.25, 0.3) is 5.91 Å². The van der Waals surface area contributed by atoms with Gasteiger partial charge in [-0.25, -0.2) is 0 Å². The first-order chi connectivity index (χ1) is 7.52. The van der Waals surface area contributed by atoms with E-state index >= 15 is 0 Å². The van der Waals surface area contributed by atoms with Crippen LogP contribution in [-0.2, 0) is 0 Å². The summed E-state index contributed by atoms with van der Waals surface area (Å²) in [4.78, 5) is 17.4. The molecule has 5 nitrogen and oxygen atoms in total. The normalized spacial score (nSPS) is 17.8. The number of β-amino-alcohol motifs (C(OH)–C–C–N with tert-alkyl or cyclic N) is 1. The molecular formula is C11H15N3O2. The maximum atomic E-state index is 11.4. The molecule has 86 valence electrons. The van der Waals surface area contributed by atoms with Crippen molar-refractivity contribution in [2.24, 2.45) is 0 Å². The van der Waals surface area contributed by atoms with Crippen molar-refractivity contribution in [3.8, 4) is 0 Å². The molecular weight excluding hydrogens is 206 g/mol. The Morgan fingerprint density at radius 1 is 1.62 bits per heavy atom. The molecule has 0 spiro atoms. The fourth-order valence-electron chi connectivity index (χ4n) is 1.83. The second-order valence-corrected chi connectivity index (χ2v) is 4.33. The molecule has 1 amide bonds. The largest absolute Gasteiger partial charge is 0.386 e. The second-order valence-electron chi connectivity index (χ2n) is 4.33. The lowest BCUT2D eigenvalue weighted by molar-refractivity contribution is 0.0310. The number of anilines is 1. The SMILES string of the molecule is CNC(=O)c1cc(N2CC(C)(O)C2)ccn1. The average molecular weight is 221 g/mol. The molecule has 1 aliphatic heterocycles. The van der Waals surface area contributed by atoms with Gasteiger partial charge < -0.3 is 15.3 Å². The van der Waals surface area contributed by atoms with Gasteiger partial charge in [0.1, 0.15) is 5.69 Å². The van der Waals surface area contributed by atoms with E-state index in [0.29, 0.717) is 18.8 Å². The minimum atomic E-state index is -0.615. The van der Waals surface area contributed by atoms with Crippen LogP contribution in [0.2, 0.25) is 0 Å². The molecule has 0 atom stereocenters. The van der Waals surface area contributed by atoms with Gasteiger partial charge in [-0.15, -0.1) is 0 Å². The van der Waals surface area contributed by atoms with Crippen molar-refractivity contribution in [1.29, 1.82) is 0 Å². The molecule has 1 aromatic heterocycles. The summed E-state index contributed by atoms with van der Waals surface area (Å²) in [7, 11) is 1.57. The fourth-order valence-corrected chi connectivity index (χ4v) is 1.83. The summed E-state index contributed by atoms with van der Waals surface area (Å²) in [6.45, 7) is 2.97. The highest BCUT2D eigenvalue weighted by Gasteiger charge is 2.36. The summed E-state index contributed by atoms with van der Waals surface area (Å²) in [6.07, 6.45) is 1.60. The second kappa shape index (κ2) is 3.75. The summed E-state index contributed by atoms with van der Waals surface area (Å²) in [6, 6.07) is 3.57. The molecule has 0 aromatic carbocycles. The summed E-state index contributed by atoms with van der Waals surface area (Å²) in [5, 5.41) is 12.2. The number of pyridine rings is 1. The number of aromatic nitrogens is 1. The van der Waals surface area contributed by atoms with E-state index in [9.17, 15) is 9.90 Å². The maximum Gasteiger partial charge on any atom is 0.269 e. The number of hydrogen-bond acceptors (Lipinski definition) is 4. The third kappa shape index (κ3) is 1.99. The van der Waals surface area contributed by atoms with E-state index in [1.54, 1.807) is 26.2 Å². The Labute approximate surface area is 94.1 Å². The summed E-state index contributed by atoms with van der Waals surface area (Å²) >= 11 is 0. The zero-order valence-corrected chi connectivity index (χ0v) is 9.40. The van der Waals surface area contributed by atoms with Crippen LogP contribution in [0.5, 0.6) is 0 Å². The predicted molar refractivity (Wildman–Crippen MR) is 60.5 cm³/mol. The van der Waals surface area contributed by atoms with Gasteiger partial charge in [0.05, 0.1) is 5.60 Å². The molecule has 2 N–H and O–H groups in total. The van der Waals surface area contributed by atoms with Crippen LogP contribution in [0.1, 0.15) is 17.4 Å². The quantitative estimate of drug-likeness (QED) is 0.738. The Bertz CT molecular complexity index is 409. The van der Waals surface area contributed by atoms with Crippen molar-refractivity contribution >= 4 is 11.6 Å². The first-order valence-corrected chi connectivity index (χ1v) is 5.17. The fraction of sp³-hybridized carbons (Fsp3) is 0.455. The van der Waals surface area contributed by atoms with Crippen molar-refractivity contribution in [3.05, 3.63) is 24.0 Å². The highest BCUT2D eigenvalue weighted by molar-refractivity contribution is 5.92. The monoisotopic (exact) mass is 221 g/mol. The number of nitrogens with zero attached hydrogens (tertiary/aromatic N) is 2. The molecule has 0 aliphatic carbocycles. The Morgan fingerprint density at radius 2 is 2.31 bits per heavy atom. The van der Waals surface area contributed by atoms with Crippen molar-refractivity contribution in [2.75, 3.05) is 25.0 Å². The lowest BCUT2D eigenvalue weighted by Gasteiger charge is -2.45. The number of hydrogen-bond donors (Lipinski definition) is 2. The molecule has 1 aliphatic rings. The lowest BCUT2D eigenvalue weighted by atomic mass is 9.96. The molecule has 0 unspecified atom stereocenters. The van der Waals surface area contributed by atoms with Crippen molar-refractivity contribution in [2.45, 2.75) is 12.5 Å². The van der Waals surface area contributed by atoms with Gasteiger partial charge in [0.15, 0.2) is 0 Å². The van der Waals surface area contributed by atoms with Gasteiger partial charge in [0.2, 0.25) is 0 Å². The molecule has 2 heterocycles. The number of nitrogens with one attached hydrogen (secondary N) is 1. The highest BCUT2D eigenvalue weighted by Crippen LogP contribution is 2.27. The number of rotatable bonds is 2. The van der Waals surface area contributed by atoms with E-state index in [-0.39, 0.29) is 5.91 Å². The Balaban J connectivity index is 2.15. The highest BCUT2D eigenvalue weighted by atomic mass is 16.3. The third-order valence-electron chi connectivity index (χ3n) is 2.63. The molecule has 5 heteroatoms. The van der Waals surface area contributed by atoms with E-state index in [1.807, 2.05) is 11.0 Å². The zero-order chi connectivity index (χ0) is 11.8. The summed E-state index contributed by atoms with van der Waals surface area (Å²) in [5.74, 6) is -0.200. The molecule has 0 radical (unpaired) electrons. The van der Waals surface area contributed by atoms with Crippen LogP contribution in [0.4, 0.5) is 5.69 Å². The molecule has 16 heavy (non-hydrogen) atoms. The van der Waals surface area contributed by atoms with Gasteiger partial charge >= 0.3 is 0 Å². The Morgan fingerprint density at radius 3 is 2.88 bits per heavy atom. The van der Waals surface area contributed by atoms with Crippen LogP contribution >= 0.6 is 0 Å². The standard InChI is InChI=1S/C11H15N3O2/c1-11(16)6-14(7-11)8-3-4-13-9(5-8)10(15)12-2/h3-5,16H,6-7H2,1-2H3,(H,12,15). The van der Waals surface area contributed by atoms with Crippen LogP contribution in [0, 0.1) is 0 Å². The van der Waals surface area contributed by atoms with Gasteiger partial charge in [-0.1, -0.05) is 0 Å². The molecule has 1 fully saturated rings. The Hall–Kier alpha value is -1.62. The van der Waals surface area contributed by atoms with E-state index in [2.05, 4.69) is 10.3 Å². The van der Waals surface area contributed by atoms with Crippen molar-refractivity contribution < 1.29 is 9.90 Å². The summed E-state index contributed by atoms with van der Waals surface area (Å²) < 4.78 is 0. The first kappa shape index (κ1) is 10.9. The predicted octanol–water partition coefficient (Wildman–Crippen LogP) is 0.0122. The van der Waals surface area contributed by atoms with E-state index in [4.69, 9.17) is 0 Å². The first-order valence-electron chi connectivity index (χ1n) is 5.17. The number of carbonyl (C=O) groups is 1. The average Bonchev–Trinajstić information content (AvgIpc) is 2.25.